The van der Waals surface area contributed by atoms with Gasteiger partial charge in [-0.3, -0.25) is 4.79 Å². The standard InChI is InChI=1S/C13H19N3O.2ClH/c1-11-4-2-3-5-12(11)15-6-8-16(9-7-15)13(17)10-14;;/h2-5H,6-10,14H2,1H3;2*1H. The predicted molar refractivity (Wildman–Crippen MR) is 83.5 cm³/mol. The van der Waals surface area contributed by atoms with Crippen LogP contribution in [0.15, 0.2) is 24.3 Å². The van der Waals surface area contributed by atoms with E-state index in [0.29, 0.717) is 0 Å². The number of amides is 1. The minimum atomic E-state index is 0. The molecule has 108 valence electrons. The molecule has 1 aromatic carbocycles. The molecule has 1 heterocycles. The zero-order valence-corrected chi connectivity index (χ0v) is 12.7. The van der Waals surface area contributed by atoms with Crippen LogP contribution in [0.3, 0.4) is 0 Å². The van der Waals surface area contributed by atoms with Gasteiger partial charge in [0, 0.05) is 31.9 Å². The fourth-order valence-electron chi connectivity index (χ4n) is 2.24. The smallest absolute Gasteiger partial charge is 0.236 e. The van der Waals surface area contributed by atoms with Gasteiger partial charge < -0.3 is 15.5 Å². The number of hydrogen-bond acceptors (Lipinski definition) is 3. The third-order valence-corrected chi connectivity index (χ3v) is 3.26. The van der Waals surface area contributed by atoms with Crippen molar-refractivity contribution in [2.45, 2.75) is 6.92 Å². The molecule has 1 amide bonds. The quantitative estimate of drug-likeness (QED) is 0.899. The van der Waals surface area contributed by atoms with Crippen LogP contribution in [0.5, 0.6) is 0 Å². The molecular formula is C13H21Cl2N3O. The highest BCUT2D eigenvalue weighted by Crippen LogP contribution is 2.20. The first kappa shape index (κ1) is 18.0. The highest BCUT2D eigenvalue weighted by Gasteiger charge is 2.20. The number of carbonyl (C=O) groups is 1. The molecular weight excluding hydrogens is 285 g/mol. The van der Waals surface area contributed by atoms with Crippen LogP contribution >= 0.6 is 24.8 Å². The highest BCUT2D eigenvalue weighted by atomic mass is 35.5. The molecule has 6 heteroatoms. The summed E-state index contributed by atoms with van der Waals surface area (Å²) in [6.45, 7) is 5.54. The van der Waals surface area contributed by atoms with Gasteiger partial charge in [-0.05, 0) is 18.6 Å². The number of para-hydroxylation sites is 1. The minimum absolute atomic E-state index is 0. The molecule has 19 heavy (non-hydrogen) atoms. The lowest BCUT2D eigenvalue weighted by Crippen LogP contribution is -2.50. The number of aryl methyl sites for hydroxylation is 1. The van der Waals surface area contributed by atoms with Crippen LogP contribution in [0.4, 0.5) is 5.69 Å². The molecule has 1 aliphatic heterocycles. The summed E-state index contributed by atoms with van der Waals surface area (Å²) in [6.07, 6.45) is 0. The molecule has 1 saturated heterocycles. The van der Waals surface area contributed by atoms with Crippen molar-refractivity contribution in [2.75, 3.05) is 37.6 Å². The van der Waals surface area contributed by atoms with Gasteiger partial charge in [-0.1, -0.05) is 18.2 Å². The molecule has 0 radical (unpaired) electrons. The molecule has 2 rings (SSSR count). The number of carbonyl (C=O) groups excluding carboxylic acids is 1. The van der Waals surface area contributed by atoms with Crippen molar-refractivity contribution in [2.24, 2.45) is 5.73 Å². The molecule has 0 aliphatic carbocycles. The summed E-state index contributed by atoms with van der Waals surface area (Å²) in [5.41, 5.74) is 7.92. The third-order valence-electron chi connectivity index (χ3n) is 3.26. The Hall–Kier alpha value is -0.970. The monoisotopic (exact) mass is 305 g/mol. The molecule has 0 atom stereocenters. The number of nitrogens with two attached hydrogens (primary N) is 1. The van der Waals surface area contributed by atoms with E-state index < -0.39 is 0 Å². The number of piperazine rings is 1. The summed E-state index contributed by atoms with van der Waals surface area (Å²) in [5, 5.41) is 0. The van der Waals surface area contributed by atoms with E-state index in [-0.39, 0.29) is 37.3 Å². The van der Waals surface area contributed by atoms with Crippen molar-refractivity contribution in [3.63, 3.8) is 0 Å². The van der Waals surface area contributed by atoms with E-state index in [1.165, 1.54) is 11.3 Å². The Kier molecular flexibility index (Phi) is 7.83. The van der Waals surface area contributed by atoms with Crippen LogP contribution in [-0.2, 0) is 4.79 Å². The summed E-state index contributed by atoms with van der Waals surface area (Å²) < 4.78 is 0. The lowest BCUT2D eigenvalue weighted by Gasteiger charge is -2.36. The Bertz CT molecular complexity index is 407. The van der Waals surface area contributed by atoms with Gasteiger partial charge in [-0.25, -0.2) is 0 Å². The van der Waals surface area contributed by atoms with Crippen molar-refractivity contribution in [1.82, 2.24) is 4.90 Å². The van der Waals surface area contributed by atoms with E-state index in [9.17, 15) is 4.79 Å². The number of rotatable bonds is 2. The Morgan fingerprint density at radius 2 is 1.74 bits per heavy atom. The lowest BCUT2D eigenvalue weighted by molar-refractivity contribution is -0.129. The van der Waals surface area contributed by atoms with E-state index in [4.69, 9.17) is 5.73 Å². The molecule has 0 spiro atoms. The van der Waals surface area contributed by atoms with E-state index in [2.05, 4.69) is 30.0 Å². The summed E-state index contributed by atoms with van der Waals surface area (Å²) >= 11 is 0. The molecule has 0 bridgehead atoms. The van der Waals surface area contributed by atoms with E-state index >= 15 is 0 Å². The predicted octanol–water partition coefficient (Wildman–Crippen LogP) is 1.45. The zero-order chi connectivity index (χ0) is 12.3. The number of benzene rings is 1. The Morgan fingerprint density at radius 3 is 2.26 bits per heavy atom. The lowest BCUT2D eigenvalue weighted by atomic mass is 10.1. The van der Waals surface area contributed by atoms with Crippen LogP contribution in [0.2, 0.25) is 0 Å². The first-order valence-electron chi connectivity index (χ1n) is 6.01. The number of hydrogen-bond donors (Lipinski definition) is 1. The molecule has 4 nitrogen and oxygen atoms in total. The van der Waals surface area contributed by atoms with Crippen molar-refractivity contribution in [3.05, 3.63) is 29.8 Å². The Morgan fingerprint density at radius 1 is 1.16 bits per heavy atom. The normalized spacial score (nSPS) is 14.4. The average molecular weight is 306 g/mol. The van der Waals surface area contributed by atoms with Crippen LogP contribution in [-0.4, -0.2) is 43.5 Å². The van der Waals surface area contributed by atoms with E-state index in [0.717, 1.165) is 26.2 Å². The van der Waals surface area contributed by atoms with Crippen LogP contribution < -0.4 is 10.6 Å². The second kappa shape index (κ2) is 8.25. The highest BCUT2D eigenvalue weighted by molar-refractivity contribution is 5.85. The number of anilines is 1. The largest absolute Gasteiger partial charge is 0.368 e. The first-order chi connectivity index (χ1) is 8.22. The minimum Gasteiger partial charge on any atom is -0.368 e. The summed E-state index contributed by atoms with van der Waals surface area (Å²) in [6, 6.07) is 8.36. The maximum Gasteiger partial charge on any atom is 0.236 e. The van der Waals surface area contributed by atoms with Gasteiger partial charge >= 0.3 is 0 Å². The fraction of sp³-hybridized carbons (Fsp3) is 0.462. The molecule has 0 aromatic heterocycles. The summed E-state index contributed by atoms with van der Waals surface area (Å²) in [7, 11) is 0. The van der Waals surface area contributed by atoms with Crippen LogP contribution in [0, 0.1) is 6.92 Å². The van der Waals surface area contributed by atoms with Gasteiger partial charge in [0.05, 0.1) is 6.54 Å². The van der Waals surface area contributed by atoms with Crippen molar-refractivity contribution >= 4 is 36.4 Å². The number of nitrogens with zero attached hydrogens (tertiary/aromatic N) is 2. The van der Waals surface area contributed by atoms with Gasteiger partial charge in [-0.2, -0.15) is 0 Å². The van der Waals surface area contributed by atoms with E-state index in [1.54, 1.807) is 0 Å². The molecule has 1 fully saturated rings. The van der Waals surface area contributed by atoms with Gasteiger partial charge in [0.25, 0.3) is 0 Å². The number of halogens is 2. The van der Waals surface area contributed by atoms with Gasteiger partial charge in [0.2, 0.25) is 5.91 Å². The van der Waals surface area contributed by atoms with E-state index in [1.807, 2.05) is 11.0 Å². The molecule has 1 aromatic rings. The SMILES string of the molecule is Cc1ccccc1N1CCN(C(=O)CN)CC1.Cl.Cl. The van der Waals surface area contributed by atoms with Gasteiger partial charge in [0.15, 0.2) is 0 Å². The summed E-state index contributed by atoms with van der Waals surface area (Å²) in [5.74, 6) is 0.0504. The maximum absolute atomic E-state index is 11.5. The Balaban J connectivity index is 0.00000162. The van der Waals surface area contributed by atoms with Crippen molar-refractivity contribution in [3.8, 4) is 0 Å². The Labute approximate surface area is 126 Å². The topological polar surface area (TPSA) is 49.6 Å². The maximum atomic E-state index is 11.5. The van der Waals surface area contributed by atoms with Gasteiger partial charge in [0.1, 0.15) is 0 Å². The first-order valence-corrected chi connectivity index (χ1v) is 6.01. The van der Waals surface area contributed by atoms with Crippen molar-refractivity contribution in [1.29, 1.82) is 0 Å². The average Bonchev–Trinajstić information content (AvgIpc) is 2.39. The third kappa shape index (κ3) is 4.27. The molecule has 0 unspecified atom stereocenters. The second-order valence-electron chi connectivity index (χ2n) is 4.36. The zero-order valence-electron chi connectivity index (χ0n) is 11.0. The molecule has 1 aliphatic rings. The van der Waals surface area contributed by atoms with Gasteiger partial charge in [-0.15, -0.1) is 24.8 Å². The van der Waals surface area contributed by atoms with Crippen LogP contribution in [0.25, 0.3) is 0 Å². The second-order valence-corrected chi connectivity index (χ2v) is 4.36. The summed E-state index contributed by atoms with van der Waals surface area (Å²) in [4.78, 5) is 15.6. The molecule has 2 N–H and O–H groups in total. The van der Waals surface area contributed by atoms with Crippen molar-refractivity contribution < 1.29 is 4.79 Å². The molecule has 0 saturated carbocycles. The fourth-order valence-corrected chi connectivity index (χ4v) is 2.24. The van der Waals surface area contributed by atoms with Crippen LogP contribution in [0.1, 0.15) is 5.56 Å².